The highest BCUT2D eigenvalue weighted by atomic mass is 16.5. The van der Waals surface area contributed by atoms with Crippen LogP contribution in [0.1, 0.15) is 55.2 Å². The van der Waals surface area contributed by atoms with Gasteiger partial charge < -0.3 is 14.2 Å². The number of imidazole rings is 1. The lowest BCUT2D eigenvalue weighted by molar-refractivity contribution is 0.0699. The monoisotopic (exact) mass is 341 g/mol. The summed E-state index contributed by atoms with van der Waals surface area (Å²) in [5, 5.41) is 0. The summed E-state index contributed by atoms with van der Waals surface area (Å²) < 4.78 is 7.95. The largest absolute Gasteiger partial charge is 0.493 e. The number of carbonyl (C=O) groups excluding carboxylic acids is 1. The van der Waals surface area contributed by atoms with Gasteiger partial charge in [-0.1, -0.05) is 19.1 Å². The molecule has 1 atom stereocenters. The molecule has 0 radical (unpaired) electrons. The van der Waals surface area contributed by atoms with E-state index < -0.39 is 0 Å². The van der Waals surface area contributed by atoms with Crippen molar-refractivity contribution in [3.63, 3.8) is 0 Å². The maximum absolute atomic E-state index is 13.1. The summed E-state index contributed by atoms with van der Waals surface area (Å²) in [7, 11) is 0. The second-order valence-electron chi connectivity index (χ2n) is 6.51. The van der Waals surface area contributed by atoms with Gasteiger partial charge in [-0.2, -0.15) is 0 Å². The van der Waals surface area contributed by atoms with E-state index in [1.807, 2.05) is 41.6 Å². The standard InChI is InChI=1S/C20H27N3O2/c1-3-14-25-18-10-6-5-9-17(18)20(24)23-12-7-8-16(15-23)19-21-11-13-22(19)4-2/h5-6,9-11,13,16H,3-4,7-8,12,14-15H2,1-2H3. The molecule has 1 fully saturated rings. The number of nitrogens with zero attached hydrogens (tertiary/aromatic N) is 3. The first kappa shape index (κ1) is 17.5. The van der Waals surface area contributed by atoms with Crippen molar-refractivity contribution in [2.75, 3.05) is 19.7 Å². The zero-order valence-corrected chi connectivity index (χ0v) is 15.1. The topological polar surface area (TPSA) is 47.4 Å². The Morgan fingerprint density at radius 2 is 2.16 bits per heavy atom. The zero-order chi connectivity index (χ0) is 17.6. The highest BCUT2D eigenvalue weighted by Gasteiger charge is 2.29. The number of rotatable bonds is 6. The number of aryl methyl sites for hydroxylation is 1. The van der Waals surface area contributed by atoms with Crippen LogP contribution in [-0.4, -0.2) is 40.1 Å². The summed E-state index contributed by atoms with van der Waals surface area (Å²) >= 11 is 0. The number of hydrogen-bond donors (Lipinski definition) is 0. The SMILES string of the molecule is CCCOc1ccccc1C(=O)N1CCCC(c2nccn2CC)C1. The highest BCUT2D eigenvalue weighted by Crippen LogP contribution is 2.28. The van der Waals surface area contributed by atoms with E-state index in [2.05, 4.69) is 23.4 Å². The first-order chi connectivity index (χ1) is 12.2. The summed E-state index contributed by atoms with van der Waals surface area (Å²) in [5.41, 5.74) is 0.662. The van der Waals surface area contributed by atoms with Crippen LogP contribution in [0.4, 0.5) is 0 Å². The van der Waals surface area contributed by atoms with Gasteiger partial charge in [-0.25, -0.2) is 4.98 Å². The number of carbonyl (C=O) groups is 1. The Kier molecular flexibility index (Phi) is 5.74. The summed E-state index contributed by atoms with van der Waals surface area (Å²) in [4.78, 5) is 19.6. The van der Waals surface area contributed by atoms with Crippen molar-refractivity contribution in [2.24, 2.45) is 0 Å². The summed E-state index contributed by atoms with van der Waals surface area (Å²) in [6, 6.07) is 7.56. The van der Waals surface area contributed by atoms with E-state index in [1.54, 1.807) is 0 Å². The van der Waals surface area contributed by atoms with Crippen LogP contribution in [-0.2, 0) is 6.54 Å². The molecule has 5 nitrogen and oxygen atoms in total. The molecule has 1 amide bonds. The van der Waals surface area contributed by atoms with E-state index in [0.29, 0.717) is 23.8 Å². The Balaban J connectivity index is 1.76. The Hall–Kier alpha value is -2.30. The molecular formula is C20H27N3O2. The van der Waals surface area contributed by atoms with Gasteiger partial charge in [-0.3, -0.25) is 4.79 Å². The number of amides is 1. The number of aromatic nitrogens is 2. The summed E-state index contributed by atoms with van der Waals surface area (Å²) in [6.45, 7) is 7.24. The first-order valence-electron chi connectivity index (χ1n) is 9.26. The lowest BCUT2D eigenvalue weighted by Crippen LogP contribution is -2.40. The fraction of sp³-hybridized carbons (Fsp3) is 0.500. The van der Waals surface area contributed by atoms with E-state index in [4.69, 9.17) is 4.74 Å². The Bertz CT molecular complexity index is 710. The van der Waals surface area contributed by atoms with E-state index >= 15 is 0 Å². The number of piperidine rings is 1. The molecule has 0 N–H and O–H groups in total. The number of para-hydroxylation sites is 1. The van der Waals surface area contributed by atoms with Crippen molar-refractivity contribution in [3.05, 3.63) is 48.0 Å². The normalized spacial score (nSPS) is 17.5. The van der Waals surface area contributed by atoms with E-state index in [-0.39, 0.29) is 5.91 Å². The van der Waals surface area contributed by atoms with Gasteiger partial charge in [-0.15, -0.1) is 0 Å². The Morgan fingerprint density at radius 1 is 1.32 bits per heavy atom. The van der Waals surface area contributed by atoms with Crippen LogP contribution in [0, 0.1) is 0 Å². The number of hydrogen-bond acceptors (Lipinski definition) is 3. The third kappa shape index (κ3) is 3.86. The van der Waals surface area contributed by atoms with E-state index in [1.165, 1.54) is 0 Å². The van der Waals surface area contributed by atoms with Gasteiger partial charge in [-0.05, 0) is 38.3 Å². The first-order valence-corrected chi connectivity index (χ1v) is 9.26. The average Bonchev–Trinajstić information content (AvgIpc) is 3.15. The van der Waals surface area contributed by atoms with Crippen molar-refractivity contribution >= 4 is 5.91 Å². The van der Waals surface area contributed by atoms with Crippen molar-refractivity contribution in [1.29, 1.82) is 0 Å². The quantitative estimate of drug-likeness (QED) is 0.805. The van der Waals surface area contributed by atoms with E-state index in [0.717, 1.165) is 44.7 Å². The maximum Gasteiger partial charge on any atom is 0.257 e. The molecule has 2 aromatic rings. The Labute approximate surface area is 149 Å². The lowest BCUT2D eigenvalue weighted by atomic mass is 9.96. The number of ether oxygens (including phenoxy) is 1. The van der Waals surface area contributed by atoms with Crippen LogP contribution in [0.15, 0.2) is 36.7 Å². The molecule has 1 unspecified atom stereocenters. The predicted molar refractivity (Wildman–Crippen MR) is 98.0 cm³/mol. The van der Waals surface area contributed by atoms with Gasteiger partial charge in [0.05, 0.1) is 12.2 Å². The summed E-state index contributed by atoms with van der Waals surface area (Å²) in [6.07, 6.45) is 6.88. The molecule has 0 spiro atoms. The molecule has 2 heterocycles. The molecule has 0 saturated carbocycles. The molecular weight excluding hydrogens is 314 g/mol. The van der Waals surface area contributed by atoms with Crippen LogP contribution >= 0.6 is 0 Å². The molecule has 1 aromatic heterocycles. The van der Waals surface area contributed by atoms with Gasteiger partial charge in [0.2, 0.25) is 0 Å². The van der Waals surface area contributed by atoms with Crippen molar-refractivity contribution < 1.29 is 9.53 Å². The van der Waals surface area contributed by atoms with Crippen LogP contribution in [0.25, 0.3) is 0 Å². The van der Waals surface area contributed by atoms with Crippen molar-refractivity contribution in [3.8, 4) is 5.75 Å². The molecule has 1 aliphatic heterocycles. The van der Waals surface area contributed by atoms with Crippen LogP contribution in [0.2, 0.25) is 0 Å². The fourth-order valence-electron chi connectivity index (χ4n) is 3.47. The fourth-order valence-corrected chi connectivity index (χ4v) is 3.47. The second kappa shape index (κ2) is 8.19. The number of benzene rings is 1. The Morgan fingerprint density at radius 3 is 2.96 bits per heavy atom. The molecule has 0 aliphatic carbocycles. The molecule has 1 aromatic carbocycles. The third-order valence-electron chi connectivity index (χ3n) is 4.74. The molecule has 134 valence electrons. The smallest absolute Gasteiger partial charge is 0.257 e. The van der Waals surface area contributed by atoms with Gasteiger partial charge in [0.25, 0.3) is 5.91 Å². The predicted octanol–water partition coefficient (Wildman–Crippen LogP) is 3.71. The summed E-state index contributed by atoms with van der Waals surface area (Å²) in [5.74, 6) is 2.14. The minimum absolute atomic E-state index is 0.0611. The zero-order valence-electron chi connectivity index (χ0n) is 15.1. The van der Waals surface area contributed by atoms with Gasteiger partial charge in [0, 0.05) is 37.9 Å². The van der Waals surface area contributed by atoms with Gasteiger partial charge in [0.15, 0.2) is 0 Å². The average molecular weight is 341 g/mol. The van der Waals surface area contributed by atoms with Crippen molar-refractivity contribution in [1.82, 2.24) is 14.5 Å². The molecule has 1 saturated heterocycles. The van der Waals surface area contributed by atoms with Crippen molar-refractivity contribution in [2.45, 2.75) is 45.6 Å². The molecule has 5 heteroatoms. The van der Waals surface area contributed by atoms with Gasteiger partial charge >= 0.3 is 0 Å². The van der Waals surface area contributed by atoms with Crippen LogP contribution < -0.4 is 4.74 Å². The van der Waals surface area contributed by atoms with Gasteiger partial charge in [0.1, 0.15) is 11.6 Å². The molecule has 25 heavy (non-hydrogen) atoms. The molecule has 3 rings (SSSR count). The van der Waals surface area contributed by atoms with E-state index in [9.17, 15) is 4.79 Å². The number of likely N-dealkylation sites (tertiary alicyclic amines) is 1. The minimum Gasteiger partial charge on any atom is -0.493 e. The lowest BCUT2D eigenvalue weighted by Gasteiger charge is -2.33. The third-order valence-corrected chi connectivity index (χ3v) is 4.74. The molecule has 0 bridgehead atoms. The van der Waals surface area contributed by atoms with Crippen LogP contribution in [0.5, 0.6) is 5.75 Å². The second-order valence-corrected chi connectivity index (χ2v) is 6.51. The van der Waals surface area contributed by atoms with Crippen LogP contribution in [0.3, 0.4) is 0 Å². The highest BCUT2D eigenvalue weighted by molar-refractivity contribution is 5.97. The molecule has 1 aliphatic rings. The minimum atomic E-state index is 0.0611. The maximum atomic E-state index is 13.1.